The lowest BCUT2D eigenvalue weighted by Crippen LogP contribution is -2.11. The van der Waals surface area contributed by atoms with Crippen LogP contribution in [0.1, 0.15) is 23.5 Å². The van der Waals surface area contributed by atoms with Crippen LogP contribution in [-0.2, 0) is 9.53 Å². The van der Waals surface area contributed by atoms with Crippen molar-refractivity contribution in [2.24, 2.45) is 0 Å². The van der Waals surface area contributed by atoms with Gasteiger partial charge in [-0.05, 0) is 23.8 Å². The summed E-state index contributed by atoms with van der Waals surface area (Å²) < 4.78 is 26.1. The number of phenolic OH excluding ortho intramolecular Hbond substituents is 1. The van der Waals surface area contributed by atoms with Gasteiger partial charge in [0.2, 0.25) is 6.79 Å². The standard InChI is InChI=1S/C19H20O7/c1-22-15-5-4-11(6-16(15)23-2)12(8-19(21)24-3)13-7-17-18(9-14(13)20)26-10-25-17/h4-7,9,12,20H,8,10H2,1-3H3. The normalized spacial score (nSPS) is 13.2. The summed E-state index contributed by atoms with van der Waals surface area (Å²) in [5, 5.41) is 10.5. The van der Waals surface area contributed by atoms with Gasteiger partial charge in [0, 0.05) is 17.5 Å². The predicted octanol–water partition coefficient (Wildman–Crippen LogP) is 2.83. The summed E-state index contributed by atoms with van der Waals surface area (Å²) >= 11 is 0. The summed E-state index contributed by atoms with van der Waals surface area (Å²) in [4.78, 5) is 12.0. The van der Waals surface area contributed by atoms with Gasteiger partial charge < -0.3 is 28.8 Å². The van der Waals surface area contributed by atoms with Gasteiger partial charge in [-0.25, -0.2) is 0 Å². The van der Waals surface area contributed by atoms with Gasteiger partial charge in [-0.2, -0.15) is 0 Å². The molecule has 1 aliphatic heterocycles. The zero-order chi connectivity index (χ0) is 18.7. The fourth-order valence-electron chi connectivity index (χ4n) is 2.95. The summed E-state index contributed by atoms with van der Waals surface area (Å²) in [6.45, 7) is 0.0935. The van der Waals surface area contributed by atoms with Gasteiger partial charge in [-0.1, -0.05) is 6.07 Å². The Morgan fingerprint density at radius 1 is 1.08 bits per heavy atom. The average molecular weight is 360 g/mol. The number of hydrogen-bond donors (Lipinski definition) is 1. The van der Waals surface area contributed by atoms with Crippen LogP contribution in [0.15, 0.2) is 30.3 Å². The van der Waals surface area contributed by atoms with Crippen molar-refractivity contribution in [3.8, 4) is 28.7 Å². The second-order valence-electron chi connectivity index (χ2n) is 5.71. The number of benzene rings is 2. The second kappa shape index (κ2) is 7.43. The average Bonchev–Trinajstić information content (AvgIpc) is 3.11. The molecule has 0 bridgehead atoms. The third-order valence-corrected chi connectivity index (χ3v) is 4.31. The first kappa shape index (κ1) is 17.7. The molecular weight excluding hydrogens is 340 g/mol. The first-order valence-corrected chi connectivity index (χ1v) is 7.98. The van der Waals surface area contributed by atoms with Crippen molar-refractivity contribution in [3.05, 3.63) is 41.5 Å². The van der Waals surface area contributed by atoms with Gasteiger partial charge in [0.1, 0.15) is 5.75 Å². The molecule has 2 aromatic rings. The highest BCUT2D eigenvalue weighted by atomic mass is 16.7. The van der Waals surface area contributed by atoms with Crippen LogP contribution in [0.4, 0.5) is 0 Å². The Morgan fingerprint density at radius 3 is 2.42 bits per heavy atom. The van der Waals surface area contributed by atoms with Crippen molar-refractivity contribution in [1.29, 1.82) is 0 Å². The molecule has 0 spiro atoms. The molecule has 2 aromatic carbocycles. The maximum absolute atomic E-state index is 12.0. The highest BCUT2D eigenvalue weighted by Gasteiger charge is 2.26. The molecule has 0 amide bonds. The maximum Gasteiger partial charge on any atom is 0.306 e. The lowest BCUT2D eigenvalue weighted by molar-refractivity contribution is -0.140. The molecular formula is C19H20O7. The monoisotopic (exact) mass is 360 g/mol. The van der Waals surface area contributed by atoms with E-state index < -0.39 is 11.9 Å². The molecule has 1 unspecified atom stereocenters. The van der Waals surface area contributed by atoms with Crippen LogP contribution >= 0.6 is 0 Å². The summed E-state index contributed by atoms with van der Waals surface area (Å²) in [7, 11) is 4.41. The summed E-state index contributed by atoms with van der Waals surface area (Å²) in [6, 6.07) is 8.52. The second-order valence-corrected chi connectivity index (χ2v) is 5.71. The molecule has 26 heavy (non-hydrogen) atoms. The van der Waals surface area contributed by atoms with Crippen LogP contribution in [0.5, 0.6) is 28.7 Å². The van der Waals surface area contributed by atoms with E-state index in [0.29, 0.717) is 28.6 Å². The van der Waals surface area contributed by atoms with Gasteiger partial charge in [0.05, 0.1) is 27.8 Å². The van der Waals surface area contributed by atoms with Gasteiger partial charge in [-0.3, -0.25) is 4.79 Å². The molecule has 0 saturated heterocycles. The zero-order valence-corrected chi connectivity index (χ0v) is 14.8. The van der Waals surface area contributed by atoms with Crippen molar-refractivity contribution in [1.82, 2.24) is 0 Å². The molecule has 7 nitrogen and oxygen atoms in total. The highest BCUT2D eigenvalue weighted by Crippen LogP contribution is 2.44. The number of phenols is 1. The first-order valence-electron chi connectivity index (χ1n) is 7.98. The Hall–Kier alpha value is -3.09. The number of carbonyl (C=O) groups is 1. The molecule has 1 atom stereocenters. The van der Waals surface area contributed by atoms with E-state index >= 15 is 0 Å². The highest BCUT2D eigenvalue weighted by molar-refractivity contribution is 5.72. The van der Waals surface area contributed by atoms with E-state index in [4.69, 9.17) is 23.7 Å². The van der Waals surface area contributed by atoms with Crippen LogP contribution in [0, 0.1) is 0 Å². The van der Waals surface area contributed by atoms with Crippen molar-refractivity contribution in [2.75, 3.05) is 28.1 Å². The van der Waals surface area contributed by atoms with Crippen molar-refractivity contribution in [2.45, 2.75) is 12.3 Å². The Bertz CT molecular complexity index is 816. The molecule has 1 N–H and O–H groups in total. The number of carbonyl (C=O) groups excluding carboxylic acids is 1. The molecule has 3 rings (SSSR count). The van der Waals surface area contributed by atoms with Gasteiger partial charge in [0.15, 0.2) is 23.0 Å². The number of ether oxygens (including phenoxy) is 5. The summed E-state index contributed by atoms with van der Waals surface area (Å²) in [6.07, 6.45) is 0.0409. The van der Waals surface area contributed by atoms with Crippen LogP contribution < -0.4 is 18.9 Å². The number of fused-ring (bicyclic) bond motifs is 1. The van der Waals surface area contributed by atoms with Crippen LogP contribution in [0.3, 0.4) is 0 Å². The molecule has 7 heteroatoms. The Balaban J connectivity index is 2.08. The van der Waals surface area contributed by atoms with E-state index in [1.54, 1.807) is 25.3 Å². The molecule has 0 saturated carbocycles. The largest absolute Gasteiger partial charge is 0.508 e. The fraction of sp³-hybridized carbons (Fsp3) is 0.316. The van der Waals surface area contributed by atoms with Crippen LogP contribution in [0.2, 0.25) is 0 Å². The molecule has 0 aliphatic carbocycles. The van der Waals surface area contributed by atoms with Crippen molar-refractivity contribution in [3.63, 3.8) is 0 Å². The maximum atomic E-state index is 12.0. The zero-order valence-electron chi connectivity index (χ0n) is 14.8. The Labute approximate surface area is 151 Å². The van der Waals surface area contributed by atoms with Gasteiger partial charge in [-0.15, -0.1) is 0 Å². The Morgan fingerprint density at radius 2 is 1.77 bits per heavy atom. The number of esters is 1. The van der Waals surface area contributed by atoms with Gasteiger partial charge >= 0.3 is 5.97 Å². The summed E-state index contributed by atoms with van der Waals surface area (Å²) in [5.41, 5.74) is 1.30. The topological polar surface area (TPSA) is 83.5 Å². The van der Waals surface area contributed by atoms with E-state index in [9.17, 15) is 9.90 Å². The van der Waals surface area contributed by atoms with Crippen LogP contribution in [-0.4, -0.2) is 39.2 Å². The van der Waals surface area contributed by atoms with E-state index in [2.05, 4.69) is 0 Å². The molecule has 138 valence electrons. The summed E-state index contributed by atoms with van der Waals surface area (Å²) in [5.74, 6) is 1.24. The minimum absolute atomic E-state index is 0.0120. The third-order valence-electron chi connectivity index (χ3n) is 4.31. The molecule has 0 aromatic heterocycles. The predicted molar refractivity (Wildman–Crippen MR) is 92.3 cm³/mol. The minimum atomic E-state index is -0.461. The number of rotatable bonds is 6. The quantitative estimate of drug-likeness (QED) is 0.793. The lowest BCUT2D eigenvalue weighted by Gasteiger charge is -2.20. The molecule has 0 radical (unpaired) electrons. The molecule has 1 heterocycles. The minimum Gasteiger partial charge on any atom is -0.508 e. The Kier molecular flexibility index (Phi) is 5.06. The first-order chi connectivity index (χ1) is 12.6. The number of hydrogen-bond acceptors (Lipinski definition) is 7. The van der Waals surface area contributed by atoms with Crippen LogP contribution in [0.25, 0.3) is 0 Å². The van der Waals surface area contributed by atoms with E-state index in [-0.39, 0.29) is 19.0 Å². The smallest absolute Gasteiger partial charge is 0.306 e. The van der Waals surface area contributed by atoms with E-state index in [1.165, 1.54) is 20.3 Å². The van der Waals surface area contributed by atoms with Crippen molar-refractivity contribution < 1.29 is 33.6 Å². The molecule has 0 fully saturated rings. The number of aromatic hydroxyl groups is 1. The van der Waals surface area contributed by atoms with Gasteiger partial charge in [0.25, 0.3) is 0 Å². The number of methoxy groups -OCH3 is 3. The lowest BCUT2D eigenvalue weighted by atomic mass is 9.87. The third kappa shape index (κ3) is 3.33. The van der Waals surface area contributed by atoms with E-state index in [1.807, 2.05) is 6.07 Å². The molecule has 1 aliphatic rings. The van der Waals surface area contributed by atoms with E-state index in [0.717, 1.165) is 5.56 Å². The fourth-order valence-corrected chi connectivity index (χ4v) is 2.95. The SMILES string of the molecule is COC(=O)CC(c1ccc(OC)c(OC)c1)c1cc2c(cc1O)OCO2. The van der Waals surface area contributed by atoms with Crippen molar-refractivity contribution >= 4 is 5.97 Å².